The lowest BCUT2D eigenvalue weighted by Gasteiger charge is -2.19. The molecule has 1 aromatic rings. The lowest BCUT2D eigenvalue weighted by atomic mass is 10.1. The number of aromatic nitrogens is 2. The summed E-state index contributed by atoms with van der Waals surface area (Å²) in [6.45, 7) is -0.585. The van der Waals surface area contributed by atoms with Crippen molar-refractivity contribution in [1.82, 2.24) is 9.55 Å². The Kier molecular flexibility index (Phi) is 4.97. The normalized spacial score (nSPS) is 28.7. The zero-order valence-corrected chi connectivity index (χ0v) is 11.8. The van der Waals surface area contributed by atoms with Crippen LogP contribution in [0.2, 0.25) is 0 Å². The number of nitrogens with two attached hydrogens (primary N) is 1. The summed E-state index contributed by atoms with van der Waals surface area (Å²) in [5.74, 6) is -1.23. The Morgan fingerprint density at radius 2 is 2.04 bits per heavy atom. The van der Waals surface area contributed by atoms with Gasteiger partial charge in [0.1, 0.15) is 18.3 Å². The monoisotopic (exact) mass is 331 g/mol. The Hall–Kier alpha value is -2.05. The number of aliphatic hydroxyl groups is 3. The molecule has 1 aromatic heterocycles. The number of nitrogens with one attached hydrogen (secondary N) is 1. The van der Waals surface area contributed by atoms with Crippen molar-refractivity contribution in [2.45, 2.75) is 37.0 Å². The average Bonchev–Trinajstić information content (AvgIpc) is 2.74. The van der Waals surface area contributed by atoms with Crippen molar-refractivity contribution in [2.24, 2.45) is 5.73 Å². The zero-order chi connectivity index (χ0) is 17.3. The van der Waals surface area contributed by atoms with Gasteiger partial charge in [-0.05, 0) is 0 Å². The highest BCUT2D eigenvalue weighted by Crippen LogP contribution is 2.28. The Morgan fingerprint density at radius 1 is 1.39 bits per heavy atom. The van der Waals surface area contributed by atoms with Crippen molar-refractivity contribution in [3.63, 3.8) is 0 Å². The van der Waals surface area contributed by atoms with Gasteiger partial charge in [0, 0.05) is 12.2 Å². The standard InChI is InChI=1S/C12H17N3O8/c13-5(1-7(17)18)4-2-15(12(22)14-10(4)21)11-9(20)8(19)6(3-16)23-11/h2,5-6,8-9,11,16,19-20H,1,3,13H2,(H,17,18)(H,14,21,22)/t5?,6-,8-,9-,11-/m1/s1. The van der Waals surface area contributed by atoms with E-state index >= 15 is 0 Å². The minimum atomic E-state index is -1.53. The van der Waals surface area contributed by atoms with Crippen LogP contribution in [-0.4, -0.2) is 60.9 Å². The lowest BCUT2D eigenvalue weighted by molar-refractivity contribution is -0.137. The van der Waals surface area contributed by atoms with E-state index < -0.39 is 60.8 Å². The number of aromatic amines is 1. The summed E-state index contributed by atoms with van der Waals surface area (Å²) in [5.41, 5.74) is 3.64. The maximum Gasteiger partial charge on any atom is 0.330 e. The first kappa shape index (κ1) is 17.3. The SMILES string of the molecule is NC(CC(=O)O)c1cn([C@@H]2O[C@H](CO)[C@@H](O)[C@H]2O)c(=O)[nH]c1=O. The number of nitrogens with zero attached hydrogens (tertiary/aromatic N) is 1. The van der Waals surface area contributed by atoms with Crippen LogP contribution in [-0.2, 0) is 9.53 Å². The maximum absolute atomic E-state index is 11.9. The van der Waals surface area contributed by atoms with E-state index in [2.05, 4.69) is 0 Å². The van der Waals surface area contributed by atoms with Crippen molar-refractivity contribution in [1.29, 1.82) is 0 Å². The highest BCUT2D eigenvalue weighted by Gasteiger charge is 2.43. The molecule has 1 fully saturated rings. The van der Waals surface area contributed by atoms with Gasteiger partial charge in [0.15, 0.2) is 6.23 Å². The van der Waals surface area contributed by atoms with E-state index in [0.717, 1.165) is 10.8 Å². The molecule has 0 saturated carbocycles. The summed E-state index contributed by atoms with van der Waals surface area (Å²) >= 11 is 0. The van der Waals surface area contributed by atoms with Gasteiger partial charge in [-0.2, -0.15) is 0 Å². The molecule has 5 atom stereocenters. The van der Waals surface area contributed by atoms with E-state index in [1.807, 2.05) is 4.98 Å². The van der Waals surface area contributed by atoms with E-state index in [4.69, 9.17) is 20.7 Å². The maximum atomic E-state index is 11.9. The molecule has 2 heterocycles. The molecule has 23 heavy (non-hydrogen) atoms. The number of carboxylic acids is 1. The van der Waals surface area contributed by atoms with E-state index in [1.54, 1.807) is 0 Å². The molecule has 0 aliphatic carbocycles. The Morgan fingerprint density at radius 3 is 2.57 bits per heavy atom. The van der Waals surface area contributed by atoms with Crippen LogP contribution in [0.15, 0.2) is 15.8 Å². The molecule has 128 valence electrons. The molecule has 1 aliphatic rings. The number of carboxylic acid groups (broad SMARTS) is 1. The molecule has 0 spiro atoms. The smallest absolute Gasteiger partial charge is 0.330 e. The molecule has 0 aromatic carbocycles. The summed E-state index contributed by atoms with van der Waals surface area (Å²) in [5, 5.41) is 37.4. The molecule has 1 saturated heterocycles. The Balaban J connectivity index is 2.42. The van der Waals surface area contributed by atoms with Gasteiger partial charge in [-0.3, -0.25) is 19.1 Å². The zero-order valence-electron chi connectivity index (χ0n) is 11.8. The molecular weight excluding hydrogens is 314 g/mol. The molecule has 11 heteroatoms. The van der Waals surface area contributed by atoms with E-state index in [0.29, 0.717) is 0 Å². The van der Waals surface area contributed by atoms with Crippen molar-refractivity contribution in [3.8, 4) is 0 Å². The molecule has 0 bridgehead atoms. The predicted molar refractivity (Wildman–Crippen MR) is 73.5 cm³/mol. The average molecular weight is 331 g/mol. The Labute approximate surface area is 128 Å². The van der Waals surface area contributed by atoms with Gasteiger partial charge in [-0.15, -0.1) is 0 Å². The predicted octanol–water partition coefficient (Wildman–Crippen LogP) is -3.38. The molecule has 1 aliphatic heterocycles. The van der Waals surface area contributed by atoms with Crippen molar-refractivity contribution in [3.05, 3.63) is 32.6 Å². The van der Waals surface area contributed by atoms with Crippen molar-refractivity contribution >= 4 is 5.97 Å². The van der Waals surface area contributed by atoms with Gasteiger partial charge < -0.3 is 30.9 Å². The minimum absolute atomic E-state index is 0.190. The van der Waals surface area contributed by atoms with Crippen LogP contribution < -0.4 is 17.0 Å². The molecule has 1 unspecified atom stereocenters. The number of aliphatic hydroxyl groups excluding tert-OH is 3. The second-order valence-corrected chi connectivity index (χ2v) is 5.18. The lowest BCUT2D eigenvalue weighted by Crippen LogP contribution is -2.40. The van der Waals surface area contributed by atoms with Crippen LogP contribution in [0.1, 0.15) is 24.3 Å². The summed E-state index contributed by atoms with van der Waals surface area (Å²) in [7, 11) is 0. The summed E-state index contributed by atoms with van der Waals surface area (Å²) in [4.78, 5) is 36.3. The van der Waals surface area contributed by atoms with E-state index in [-0.39, 0.29) is 5.56 Å². The van der Waals surface area contributed by atoms with Crippen LogP contribution in [0.4, 0.5) is 0 Å². The Bertz CT molecular complexity index is 698. The molecule has 0 amide bonds. The highest BCUT2D eigenvalue weighted by atomic mass is 16.6. The largest absolute Gasteiger partial charge is 0.481 e. The minimum Gasteiger partial charge on any atom is -0.481 e. The quantitative estimate of drug-likeness (QED) is 0.320. The number of H-pyrrole nitrogens is 1. The van der Waals surface area contributed by atoms with Crippen LogP contribution >= 0.6 is 0 Å². The fourth-order valence-electron chi connectivity index (χ4n) is 2.36. The van der Waals surface area contributed by atoms with Gasteiger partial charge >= 0.3 is 11.7 Å². The third-order valence-electron chi connectivity index (χ3n) is 3.58. The summed E-state index contributed by atoms with van der Waals surface area (Å²) < 4.78 is 5.99. The summed E-state index contributed by atoms with van der Waals surface area (Å²) in [6.07, 6.45) is -4.99. The highest BCUT2D eigenvalue weighted by molar-refractivity contribution is 5.67. The van der Waals surface area contributed by atoms with Gasteiger partial charge in [-0.1, -0.05) is 0 Å². The second kappa shape index (κ2) is 6.60. The third kappa shape index (κ3) is 3.33. The fourth-order valence-corrected chi connectivity index (χ4v) is 2.36. The summed E-state index contributed by atoms with van der Waals surface area (Å²) in [6, 6.07) is -1.18. The fraction of sp³-hybridized carbons (Fsp3) is 0.583. The number of hydrogen-bond donors (Lipinski definition) is 6. The van der Waals surface area contributed by atoms with Crippen LogP contribution in [0.25, 0.3) is 0 Å². The topological polar surface area (TPSA) is 188 Å². The number of hydrogen-bond acceptors (Lipinski definition) is 8. The van der Waals surface area contributed by atoms with E-state index in [9.17, 15) is 24.6 Å². The molecular formula is C12H17N3O8. The molecule has 11 nitrogen and oxygen atoms in total. The van der Waals surface area contributed by atoms with Gasteiger partial charge in [-0.25, -0.2) is 4.79 Å². The van der Waals surface area contributed by atoms with Crippen molar-refractivity contribution < 1.29 is 30.0 Å². The van der Waals surface area contributed by atoms with Gasteiger partial charge in [0.05, 0.1) is 18.6 Å². The first-order valence-electron chi connectivity index (χ1n) is 6.71. The number of ether oxygens (including phenoxy) is 1. The number of aliphatic carboxylic acids is 1. The van der Waals surface area contributed by atoms with Crippen LogP contribution in [0.5, 0.6) is 0 Å². The van der Waals surface area contributed by atoms with Crippen LogP contribution in [0.3, 0.4) is 0 Å². The molecule has 0 radical (unpaired) electrons. The molecule has 2 rings (SSSR count). The van der Waals surface area contributed by atoms with Crippen molar-refractivity contribution in [2.75, 3.05) is 6.61 Å². The first-order valence-corrected chi connectivity index (χ1v) is 6.71. The van der Waals surface area contributed by atoms with Crippen LogP contribution in [0, 0.1) is 0 Å². The third-order valence-corrected chi connectivity index (χ3v) is 3.58. The van der Waals surface area contributed by atoms with Gasteiger partial charge in [0.2, 0.25) is 0 Å². The number of rotatable bonds is 5. The first-order chi connectivity index (χ1) is 10.8. The van der Waals surface area contributed by atoms with E-state index in [1.165, 1.54) is 0 Å². The number of carbonyl (C=O) groups is 1. The molecule has 7 N–H and O–H groups in total. The second-order valence-electron chi connectivity index (χ2n) is 5.18. The van der Waals surface area contributed by atoms with Gasteiger partial charge in [0.25, 0.3) is 5.56 Å².